The molecule has 8 heteroatoms. The van der Waals surface area contributed by atoms with Crippen LogP contribution in [0.4, 0.5) is 4.39 Å². The Morgan fingerprint density at radius 3 is 2.48 bits per heavy atom. The minimum Gasteiger partial charge on any atom is -0.370 e. The van der Waals surface area contributed by atoms with Gasteiger partial charge >= 0.3 is 0 Å². The summed E-state index contributed by atoms with van der Waals surface area (Å²) in [6, 6.07) is 10.8. The topological polar surface area (TPSA) is 59.8 Å². The van der Waals surface area contributed by atoms with Crippen molar-refractivity contribution in [1.82, 2.24) is 4.72 Å². The Balaban J connectivity index is 1.88. The third-order valence-electron chi connectivity index (χ3n) is 4.65. The minimum absolute atomic E-state index is 0.152. The highest BCUT2D eigenvalue weighted by atomic mass is 35.5. The first-order valence-electron chi connectivity index (χ1n) is 8.80. The van der Waals surface area contributed by atoms with E-state index >= 15 is 0 Å². The van der Waals surface area contributed by atoms with Crippen LogP contribution in [0.25, 0.3) is 0 Å². The van der Waals surface area contributed by atoms with Crippen molar-refractivity contribution in [3.63, 3.8) is 0 Å². The van der Waals surface area contributed by atoms with Crippen molar-refractivity contribution in [1.29, 1.82) is 0 Å². The van der Waals surface area contributed by atoms with Crippen LogP contribution in [0, 0.1) is 12.7 Å². The minimum atomic E-state index is -4.04. The molecular formula is C19H23ClFN2O3S+. The second-order valence-corrected chi connectivity index (χ2v) is 8.84. The SMILES string of the molecule is Cc1ccc([C@H](C[NH+]2CCOCC2)NS(=O)(=O)c2ccc(Cl)cc2F)cc1. The van der Waals surface area contributed by atoms with Crippen LogP contribution in [-0.2, 0) is 14.8 Å². The summed E-state index contributed by atoms with van der Waals surface area (Å²) in [6.07, 6.45) is 0. The lowest BCUT2D eigenvalue weighted by Crippen LogP contribution is -3.14. The molecule has 1 aliphatic heterocycles. The van der Waals surface area contributed by atoms with E-state index in [4.69, 9.17) is 16.3 Å². The summed E-state index contributed by atoms with van der Waals surface area (Å²) in [5, 5.41) is 0.152. The third kappa shape index (κ3) is 5.27. The number of morpholine rings is 1. The summed E-state index contributed by atoms with van der Waals surface area (Å²) in [7, 11) is -4.04. The van der Waals surface area contributed by atoms with Crippen LogP contribution in [0.5, 0.6) is 0 Å². The molecule has 1 fully saturated rings. The van der Waals surface area contributed by atoms with Gasteiger partial charge in [-0.3, -0.25) is 0 Å². The highest BCUT2D eigenvalue weighted by Gasteiger charge is 2.28. The second-order valence-electron chi connectivity index (χ2n) is 6.73. The van der Waals surface area contributed by atoms with E-state index in [0.717, 1.165) is 30.3 Å². The average Bonchev–Trinajstić information content (AvgIpc) is 2.62. The van der Waals surface area contributed by atoms with Gasteiger partial charge in [-0.25, -0.2) is 12.8 Å². The van der Waals surface area contributed by atoms with Crippen LogP contribution >= 0.6 is 11.6 Å². The quantitative estimate of drug-likeness (QED) is 0.758. The summed E-state index contributed by atoms with van der Waals surface area (Å²) in [5.74, 6) is -0.864. The van der Waals surface area contributed by atoms with E-state index in [1.54, 1.807) is 0 Å². The molecule has 0 spiro atoms. The molecule has 1 atom stereocenters. The van der Waals surface area contributed by atoms with Gasteiger partial charge in [-0.15, -0.1) is 0 Å². The number of hydrogen-bond acceptors (Lipinski definition) is 3. The molecule has 2 aromatic rings. The standard InChI is InChI=1S/C19H22ClFN2O3S/c1-14-2-4-15(5-3-14)18(13-23-8-10-26-11-9-23)22-27(24,25)19-7-6-16(20)12-17(19)21/h2-7,12,18,22H,8-11,13H2,1H3/p+1/t18-/m0/s1. The Kier molecular flexibility index (Phi) is 6.49. The average molecular weight is 414 g/mol. The monoisotopic (exact) mass is 413 g/mol. The summed E-state index contributed by atoms with van der Waals surface area (Å²) in [6.45, 7) is 5.43. The molecule has 1 saturated heterocycles. The van der Waals surface area contributed by atoms with Crippen LogP contribution in [0.1, 0.15) is 17.2 Å². The van der Waals surface area contributed by atoms with Crippen molar-refractivity contribution in [2.45, 2.75) is 17.9 Å². The molecule has 0 saturated carbocycles. The first-order valence-corrected chi connectivity index (χ1v) is 10.7. The van der Waals surface area contributed by atoms with E-state index in [-0.39, 0.29) is 5.02 Å². The molecule has 0 amide bonds. The second kappa shape index (κ2) is 8.67. The van der Waals surface area contributed by atoms with Crippen molar-refractivity contribution in [3.8, 4) is 0 Å². The lowest BCUT2D eigenvalue weighted by molar-refractivity contribution is -0.909. The van der Waals surface area contributed by atoms with Gasteiger partial charge in [0.15, 0.2) is 0 Å². The largest absolute Gasteiger partial charge is 0.370 e. The Morgan fingerprint density at radius 1 is 1.19 bits per heavy atom. The van der Waals surface area contributed by atoms with Crippen molar-refractivity contribution in [2.24, 2.45) is 0 Å². The molecule has 0 aliphatic carbocycles. The zero-order valence-corrected chi connectivity index (χ0v) is 16.6. The fraction of sp³-hybridized carbons (Fsp3) is 0.368. The molecule has 0 radical (unpaired) electrons. The predicted molar refractivity (Wildman–Crippen MR) is 102 cm³/mol. The Bertz CT molecular complexity index is 884. The van der Waals surface area contributed by atoms with Gasteiger partial charge in [-0.1, -0.05) is 41.4 Å². The normalized spacial score (nSPS) is 17.0. The van der Waals surface area contributed by atoms with E-state index in [1.165, 1.54) is 17.0 Å². The fourth-order valence-electron chi connectivity index (χ4n) is 3.12. The van der Waals surface area contributed by atoms with E-state index in [2.05, 4.69) is 4.72 Å². The van der Waals surface area contributed by atoms with Gasteiger partial charge in [-0.2, -0.15) is 4.72 Å². The molecule has 1 aliphatic rings. The van der Waals surface area contributed by atoms with Crippen molar-refractivity contribution in [2.75, 3.05) is 32.8 Å². The number of benzene rings is 2. The summed E-state index contributed by atoms with van der Waals surface area (Å²) in [5.41, 5.74) is 1.93. The highest BCUT2D eigenvalue weighted by Crippen LogP contribution is 2.22. The molecular weight excluding hydrogens is 391 g/mol. The van der Waals surface area contributed by atoms with Gasteiger partial charge in [-0.05, 0) is 30.7 Å². The lowest BCUT2D eigenvalue weighted by Gasteiger charge is -2.28. The van der Waals surface area contributed by atoms with Crippen LogP contribution in [0.3, 0.4) is 0 Å². The van der Waals surface area contributed by atoms with Gasteiger partial charge in [0.25, 0.3) is 0 Å². The molecule has 2 N–H and O–H groups in total. The first kappa shape index (κ1) is 20.2. The van der Waals surface area contributed by atoms with Gasteiger partial charge in [0.2, 0.25) is 10.0 Å². The van der Waals surface area contributed by atoms with Gasteiger partial charge in [0.05, 0.1) is 25.8 Å². The molecule has 0 aromatic heterocycles. The van der Waals surface area contributed by atoms with Gasteiger partial charge in [0.1, 0.15) is 23.8 Å². The van der Waals surface area contributed by atoms with Crippen LogP contribution < -0.4 is 9.62 Å². The molecule has 146 valence electrons. The number of ether oxygens (including phenoxy) is 1. The Morgan fingerprint density at radius 2 is 1.85 bits per heavy atom. The smallest absolute Gasteiger partial charge is 0.244 e. The fourth-order valence-corrected chi connectivity index (χ4v) is 4.57. The van der Waals surface area contributed by atoms with Crippen molar-refractivity contribution >= 4 is 21.6 Å². The van der Waals surface area contributed by atoms with Crippen molar-refractivity contribution < 1.29 is 22.4 Å². The Hall–Kier alpha value is -1.51. The molecule has 1 heterocycles. The van der Waals surface area contributed by atoms with Crippen LogP contribution in [-0.4, -0.2) is 41.3 Å². The molecule has 27 heavy (non-hydrogen) atoms. The lowest BCUT2D eigenvalue weighted by atomic mass is 10.1. The van der Waals surface area contributed by atoms with Crippen molar-refractivity contribution in [3.05, 3.63) is 64.4 Å². The number of hydrogen-bond donors (Lipinski definition) is 2. The van der Waals surface area contributed by atoms with E-state index in [1.807, 2.05) is 31.2 Å². The summed E-state index contributed by atoms with van der Waals surface area (Å²) < 4.78 is 47.9. The number of aryl methyl sites for hydroxylation is 1. The maximum absolute atomic E-state index is 14.2. The number of quaternary nitrogens is 1. The Labute approximate surface area is 164 Å². The summed E-state index contributed by atoms with van der Waals surface area (Å²) in [4.78, 5) is 0.840. The molecule has 2 aromatic carbocycles. The molecule has 0 unspecified atom stereocenters. The van der Waals surface area contributed by atoms with Gasteiger partial charge < -0.3 is 9.64 Å². The predicted octanol–water partition coefficient (Wildman–Crippen LogP) is 1.72. The van der Waals surface area contributed by atoms with E-state index in [9.17, 15) is 12.8 Å². The van der Waals surface area contributed by atoms with Gasteiger partial charge in [0, 0.05) is 5.02 Å². The molecule has 5 nitrogen and oxygen atoms in total. The van der Waals surface area contributed by atoms with Crippen LogP contribution in [0.15, 0.2) is 47.4 Å². The number of sulfonamides is 1. The first-order chi connectivity index (χ1) is 12.8. The number of halogens is 2. The third-order valence-corrected chi connectivity index (χ3v) is 6.39. The maximum atomic E-state index is 14.2. The van der Waals surface area contributed by atoms with Crippen LogP contribution in [0.2, 0.25) is 5.02 Å². The molecule has 0 bridgehead atoms. The number of nitrogens with one attached hydrogen (secondary N) is 2. The van der Waals surface area contributed by atoms with E-state index < -0.39 is 26.8 Å². The highest BCUT2D eigenvalue weighted by molar-refractivity contribution is 7.89. The molecule has 3 rings (SSSR count). The zero-order valence-electron chi connectivity index (χ0n) is 15.0. The summed E-state index contributed by atoms with van der Waals surface area (Å²) >= 11 is 5.74. The maximum Gasteiger partial charge on any atom is 0.244 e. The zero-order chi connectivity index (χ0) is 19.4. The van der Waals surface area contributed by atoms with E-state index in [0.29, 0.717) is 19.8 Å². The number of rotatable bonds is 6.